The van der Waals surface area contributed by atoms with Crippen LogP contribution in [0.4, 0.5) is 0 Å². The molecule has 0 radical (unpaired) electrons. The zero-order valence-corrected chi connectivity index (χ0v) is 18.6. The molecule has 0 spiro atoms. The second kappa shape index (κ2) is 8.05. The van der Waals surface area contributed by atoms with E-state index in [1.54, 1.807) is 0 Å². The van der Waals surface area contributed by atoms with Gasteiger partial charge in [-0.2, -0.15) is 0 Å². The number of ether oxygens (including phenoxy) is 1. The second-order valence-corrected chi connectivity index (χ2v) is 11.9. The fourth-order valence-corrected chi connectivity index (χ4v) is 8.58. The number of carbonyl (C=O) groups is 1. The van der Waals surface area contributed by atoms with Gasteiger partial charge in [0, 0.05) is 0 Å². The van der Waals surface area contributed by atoms with Crippen LogP contribution in [-0.2, 0) is 16.1 Å². The first-order valence-electron chi connectivity index (χ1n) is 10.5. The zero-order chi connectivity index (χ0) is 19.6. The van der Waals surface area contributed by atoms with E-state index in [0.29, 0.717) is 18.4 Å². The fraction of sp³-hybridized carbons (Fsp3) is 0.480. The van der Waals surface area contributed by atoms with Crippen LogP contribution in [0.15, 0.2) is 60.7 Å². The molecule has 148 valence electrons. The van der Waals surface area contributed by atoms with E-state index in [4.69, 9.17) is 4.74 Å². The maximum atomic E-state index is 13.5. The topological polar surface area (TPSA) is 26.3 Å². The summed E-state index contributed by atoms with van der Waals surface area (Å²) in [7, 11) is 0. The van der Waals surface area contributed by atoms with Crippen molar-refractivity contribution < 1.29 is 9.53 Å². The molecule has 4 atom stereocenters. The van der Waals surface area contributed by atoms with Crippen molar-refractivity contribution in [2.24, 2.45) is 17.3 Å². The third kappa shape index (κ3) is 3.80. The van der Waals surface area contributed by atoms with E-state index in [-0.39, 0.29) is 30.7 Å². The summed E-state index contributed by atoms with van der Waals surface area (Å²) in [5.41, 5.74) is 1.33. The van der Waals surface area contributed by atoms with Crippen LogP contribution in [0.2, 0.25) is 4.31 Å². The van der Waals surface area contributed by atoms with Crippen LogP contribution in [0.25, 0.3) is 0 Å². The second-order valence-electron chi connectivity index (χ2n) is 8.89. The molecule has 4 rings (SSSR count). The number of benzene rings is 2. The molecule has 2 nitrogen and oxygen atoms in total. The van der Waals surface area contributed by atoms with Gasteiger partial charge in [0.25, 0.3) is 0 Å². The molecule has 1 unspecified atom stereocenters. The summed E-state index contributed by atoms with van der Waals surface area (Å²) >= 11 is 0.0854. The summed E-state index contributed by atoms with van der Waals surface area (Å²) in [6, 6.07) is 20.6. The monoisotopic (exact) mass is 442 g/mol. The van der Waals surface area contributed by atoms with Gasteiger partial charge < -0.3 is 0 Å². The van der Waals surface area contributed by atoms with E-state index in [2.05, 4.69) is 44.2 Å². The third-order valence-electron chi connectivity index (χ3n) is 7.13. The van der Waals surface area contributed by atoms with Crippen molar-refractivity contribution in [1.29, 1.82) is 0 Å². The Morgan fingerprint density at radius 1 is 1.07 bits per heavy atom. The first-order chi connectivity index (χ1) is 13.5. The van der Waals surface area contributed by atoms with E-state index in [1.807, 2.05) is 30.3 Å². The Morgan fingerprint density at radius 2 is 1.75 bits per heavy atom. The zero-order valence-electron chi connectivity index (χ0n) is 16.9. The van der Waals surface area contributed by atoms with Crippen molar-refractivity contribution in [2.75, 3.05) is 0 Å². The Kier molecular flexibility index (Phi) is 5.67. The molecular weight excluding hydrogens is 411 g/mol. The predicted molar refractivity (Wildman–Crippen MR) is 115 cm³/mol. The number of carbonyl (C=O) groups excluding carboxylic acids is 1. The third-order valence-corrected chi connectivity index (χ3v) is 10.0. The molecule has 2 aliphatic rings. The molecule has 0 N–H and O–H groups in total. The minimum atomic E-state index is -0.332. The molecule has 0 saturated heterocycles. The average molecular weight is 441 g/mol. The summed E-state index contributed by atoms with van der Waals surface area (Å²) in [4.78, 5) is 13.5. The van der Waals surface area contributed by atoms with Crippen molar-refractivity contribution in [1.82, 2.24) is 0 Å². The van der Waals surface area contributed by atoms with Gasteiger partial charge in [0.15, 0.2) is 0 Å². The Morgan fingerprint density at radius 3 is 2.43 bits per heavy atom. The van der Waals surface area contributed by atoms with Crippen molar-refractivity contribution in [2.45, 2.75) is 56.9 Å². The Balaban J connectivity index is 1.60. The summed E-state index contributed by atoms with van der Waals surface area (Å²) in [6.07, 6.45) is 5.83. The van der Waals surface area contributed by atoms with Crippen molar-refractivity contribution in [3.8, 4) is 0 Å². The van der Waals surface area contributed by atoms with Gasteiger partial charge in [0.2, 0.25) is 0 Å². The van der Waals surface area contributed by atoms with Gasteiger partial charge in [0.1, 0.15) is 0 Å². The first-order valence-corrected chi connectivity index (χ1v) is 12.2. The standard InChI is InChI=1S/C25H30O2Se/c1-19-10-9-13-21-16-25(18-24(19,21)2,28-22-14-7-4-8-15-22)23(26)27-17-20-11-5-3-6-12-20/h3-8,11-12,14-15,19,21H,9-10,13,16-18H2,1-2H3/t19-,21-,24+,25?/m0/s1. The van der Waals surface area contributed by atoms with Gasteiger partial charge in [0.05, 0.1) is 0 Å². The molecule has 0 aliphatic heterocycles. The van der Waals surface area contributed by atoms with Crippen LogP contribution < -0.4 is 4.46 Å². The van der Waals surface area contributed by atoms with Crippen molar-refractivity contribution >= 4 is 25.4 Å². The normalized spacial score (nSPS) is 31.9. The molecule has 2 fully saturated rings. The van der Waals surface area contributed by atoms with Gasteiger partial charge >= 0.3 is 175 Å². The molecule has 0 heterocycles. The van der Waals surface area contributed by atoms with Crippen LogP contribution in [0, 0.1) is 17.3 Å². The average Bonchev–Trinajstić information content (AvgIpc) is 3.02. The van der Waals surface area contributed by atoms with Gasteiger partial charge in [-0.15, -0.1) is 0 Å². The summed E-state index contributed by atoms with van der Waals surface area (Å²) < 4.78 is 6.93. The molecule has 2 saturated carbocycles. The number of hydrogen-bond acceptors (Lipinski definition) is 2. The van der Waals surface area contributed by atoms with Gasteiger partial charge in [-0.05, 0) is 0 Å². The van der Waals surface area contributed by atoms with E-state index < -0.39 is 0 Å². The van der Waals surface area contributed by atoms with E-state index in [0.717, 1.165) is 18.4 Å². The van der Waals surface area contributed by atoms with Gasteiger partial charge in [-0.25, -0.2) is 0 Å². The first kappa shape index (κ1) is 19.7. The quantitative estimate of drug-likeness (QED) is 0.474. The van der Waals surface area contributed by atoms with E-state index in [1.165, 1.54) is 23.7 Å². The molecular formula is C25H30O2Se. The van der Waals surface area contributed by atoms with Gasteiger partial charge in [-0.1, -0.05) is 0 Å². The Labute approximate surface area is 175 Å². The maximum absolute atomic E-state index is 13.5. The Hall–Kier alpha value is -1.57. The minimum absolute atomic E-state index is 0.0306. The van der Waals surface area contributed by atoms with Crippen molar-refractivity contribution in [3.05, 3.63) is 66.2 Å². The fourth-order valence-electron chi connectivity index (χ4n) is 5.32. The van der Waals surface area contributed by atoms with Gasteiger partial charge in [-0.3, -0.25) is 0 Å². The summed E-state index contributed by atoms with van der Waals surface area (Å²) in [6.45, 7) is 5.21. The van der Waals surface area contributed by atoms with E-state index in [9.17, 15) is 4.79 Å². The number of rotatable bonds is 5. The predicted octanol–water partition coefficient (Wildman–Crippen LogP) is 5.15. The molecule has 0 amide bonds. The number of hydrogen-bond donors (Lipinski definition) is 0. The molecule has 2 aliphatic carbocycles. The molecule has 0 aromatic heterocycles. The number of esters is 1. The molecule has 2 aromatic carbocycles. The van der Waals surface area contributed by atoms with Crippen LogP contribution in [-0.4, -0.2) is 20.9 Å². The molecule has 3 heteroatoms. The number of fused-ring (bicyclic) bond motifs is 1. The molecule has 28 heavy (non-hydrogen) atoms. The SMILES string of the molecule is C[C@H]1CCC[C@H]2CC([Se]c3ccccc3)(C(=O)OCc3ccccc3)C[C@@]21C. The van der Waals surface area contributed by atoms with Crippen molar-refractivity contribution in [3.63, 3.8) is 0 Å². The molecule has 2 aromatic rings. The summed E-state index contributed by atoms with van der Waals surface area (Å²) in [5, 5.41) is 0. The van der Waals surface area contributed by atoms with Crippen LogP contribution in [0.5, 0.6) is 0 Å². The van der Waals surface area contributed by atoms with Crippen LogP contribution in [0.3, 0.4) is 0 Å². The van der Waals surface area contributed by atoms with Crippen LogP contribution in [0.1, 0.15) is 51.5 Å². The Bertz CT molecular complexity index is 806. The van der Waals surface area contributed by atoms with Crippen LogP contribution >= 0.6 is 0 Å². The summed E-state index contributed by atoms with van der Waals surface area (Å²) in [5.74, 6) is 1.36. The molecule has 0 bridgehead atoms. The van der Waals surface area contributed by atoms with E-state index >= 15 is 0 Å².